The van der Waals surface area contributed by atoms with Crippen LogP contribution in [0.1, 0.15) is 27.6 Å². The number of amides is 1. The van der Waals surface area contributed by atoms with Crippen LogP contribution in [-0.2, 0) is 9.53 Å². The average Bonchev–Trinajstić information content (AvgIpc) is 2.65. The largest absolute Gasteiger partial charge is 0.452 e. The highest BCUT2D eigenvalue weighted by Gasteiger charge is 2.20. The summed E-state index contributed by atoms with van der Waals surface area (Å²) in [6, 6.07) is 10.1. The second-order valence-electron chi connectivity index (χ2n) is 6.11. The van der Waals surface area contributed by atoms with E-state index >= 15 is 0 Å². The minimum atomic E-state index is -0.861. The fourth-order valence-electron chi connectivity index (χ4n) is 2.41. The van der Waals surface area contributed by atoms with E-state index in [2.05, 4.69) is 5.32 Å². The molecular formula is C19H19N3O6. The number of anilines is 2. The zero-order valence-corrected chi connectivity index (χ0v) is 15.6. The number of hydrogen-bond acceptors (Lipinski definition) is 7. The molecule has 1 amide bonds. The highest BCUT2D eigenvalue weighted by Crippen LogP contribution is 2.25. The van der Waals surface area contributed by atoms with Crippen molar-refractivity contribution in [3.63, 3.8) is 0 Å². The molecule has 0 unspecified atom stereocenters. The van der Waals surface area contributed by atoms with Crippen molar-refractivity contribution in [3.8, 4) is 0 Å². The van der Waals surface area contributed by atoms with Gasteiger partial charge in [0.1, 0.15) is 0 Å². The molecule has 0 aromatic heterocycles. The first-order valence-corrected chi connectivity index (χ1v) is 8.22. The Morgan fingerprint density at radius 1 is 1.14 bits per heavy atom. The van der Waals surface area contributed by atoms with Gasteiger partial charge in [0.05, 0.1) is 16.2 Å². The van der Waals surface area contributed by atoms with Crippen molar-refractivity contribution in [2.75, 3.05) is 30.9 Å². The van der Waals surface area contributed by atoms with Crippen LogP contribution < -0.4 is 10.2 Å². The number of carbonyl (C=O) groups excluding carboxylic acids is 3. The minimum Gasteiger partial charge on any atom is -0.452 e. The summed E-state index contributed by atoms with van der Waals surface area (Å²) in [4.78, 5) is 47.7. The van der Waals surface area contributed by atoms with E-state index in [0.717, 1.165) is 6.07 Å². The van der Waals surface area contributed by atoms with Gasteiger partial charge in [0.2, 0.25) is 0 Å². The molecule has 0 aliphatic heterocycles. The van der Waals surface area contributed by atoms with Crippen LogP contribution in [0.15, 0.2) is 42.5 Å². The number of hydrogen-bond donors (Lipinski definition) is 1. The van der Waals surface area contributed by atoms with Crippen molar-refractivity contribution in [1.82, 2.24) is 0 Å². The summed E-state index contributed by atoms with van der Waals surface area (Å²) < 4.78 is 5.00. The van der Waals surface area contributed by atoms with Gasteiger partial charge in [0.25, 0.3) is 11.6 Å². The molecule has 2 aromatic rings. The number of nitro benzene ring substituents is 1. The summed E-state index contributed by atoms with van der Waals surface area (Å²) in [5.41, 5.74) is 0.957. The number of carbonyl (C=O) groups is 3. The van der Waals surface area contributed by atoms with Gasteiger partial charge in [-0.15, -0.1) is 0 Å². The normalized spacial score (nSPS) is 10.1. The monoisotopic (exact) mass is 385 g/mol. The quantitative estimate of drug-likeness (QED) is 0.337. The molecule has 0 aliphatic carbocycles. The number of nitrogens with one attached hydrogen (secondary N) is 1. The fourth-order valence-corrected chi connectivity index (χ4v) is 2.41. The van der Waals surface area contributed by atoms with Gasteiger partial charge in [-0.1, -0.05) is 12.1 Å². The van der Waals surface area contributed by atoms with Crippen molar-refractivity contribution in [2.45, 2.75) is 6.92 Å². The van der Waals surface area contributed by atoms with Crippen LogP contribution in [0.4, 0.5) is 17.1 Å². The van der Waals surface area contributed by atoms with Gasteiger partial charge in [-0.3, -0.25) is 19.7 Å². The molecular weight excluding hydrogens is 366 g/mol. The van der Waals surface area contributed by atoms with E-state index in [1.54, 1.807) is 37.2 Å². The fraction of sp³-hybridized carbons (Fsp3) is 0.211. The standard InChI is InChI=1S/C19H19N3O6/c1-12(23)13-5-4-6-14(9-13)20-18(24)11-28-19(25)16-10-15(22(26)27)7-8-17(16)21(2)3/h4-10H,11H2,1-3H3,(H,20,24). The van der Waals surface area contributed by atoms with Crippen LogP contribution in [0.25, 0.3) is 0 Å². The number of nitrogens with zero attached hydrogens (tertiary/aromatic N) is 2. The summed E-state index contributed by atoms with van der Waals surface area (Å²) in [6.07, 6.45) is 0. The van der Waals surface area contributed by atoms with Crippen molar-refractivity contribution >= 4 is 34.7 Å². The number of benzene rings is 2. The third kappa shape index (κ3) is 5.13. The minimum absolute atomic E-state index is 0.0226. The summed E-state index contributed by atoms with van der Waals surface area (Å²) in [5, 5.41) is 13.5. The van der Waals surface area contributed by atoms with E-state index in [9.17, 15) is 24.5 Å². The van der Waals surface area contributed by atoms with Crippen LogP contribution >= 0.6 is 0 Å². The zero-order chi connectivity index (χ0) is 20.8. The van der Waals surface area contributed by atoms with Gasteiger partial charge in [-0.2, -0.15) is 0 Å². The number of non-ortho nitro benzene ring substituents is 1. The van der Waals surface area contributed by atoms with E-state index in [4.69, 9.17) is 4.74 Å². The third-order valence-electron chi connectivity index (χ3n) is 3.78. The summed E-state index contributed by atoms with van der Waals surface area (Å²) >= 11 is 0. The predicted molar refractivity (Wildman–Crippen MR) is 103 cm³/mol. The zero-order valence-electron chi connectivity index (χ0n) is 15.6. The lowest BCUT2D eigenvalue weighted by Crippen LogP contribution is -2.22. The van der Waals surface area contributed by atoms with Crippen LogP contribution in [-0.4, -0.2) is 43.3 Å². The van der Waals surface area contributed by atoms with E-state index in [0.29, 0.717) is 16.9 Å². The van der Waals surface area contributed by atoms with Crippen LogP contribution in [0.5, 0.6) is 0 Å². The van der Waals surface area contributed by atoms with Gasteiger partial charge < -0.3 is 15.0 Å². The van der Waals surface area contributed by atoms with Crippen molar-refractivity contribution in [2.24, 2.45) is 0 Å². The molecule has 0 heterocycles. The summed E-state index contributed by atoms with van der Waals surface area (Å²) in [7, 11) is 3.35. The third-order valence-corrected chi connectivity index (χ3v) is 3.78. The first-order chi connectivity index (χ1) is 13.2. The number of esters is 1. The molecule has 146 valence electrons. The molecule has 1 N–H and O–H groups in total. The highest BCUT2D eigenvalue weighted by atomic mass is 16.6. The second kappa shape index (κ2) is 8.76. The Morgan fingerprint density at radius 2 is 1.86 bits per heavy atom. The van der Waals surface area contributed by atoms with Gasteiger partial charge >= 0.3 is 5.97 Å². The molecule has 0 saturated carbocycles. The van der Waals surface area contributed by atoms with Crippen LogP contribution in [0.2, 0.25) is 0 Å². The Balaban J connectivity index is 2.08. The Labute approximate surface area is 161 Å². The number of nitro groups is 1. The number of rotatable bonds is 7. The molecule has 0 bridgehead atoms. The smallest absolute Gasteiger partial charge is 0.341 e. The van der Waals surface area contributed by atoms with E-state index in [1.165, 1.54) is 25.1 Å². The molecule has 0 atom stereocenters. The molecule has 9 nitrogen and oxygen atoms in total. The molecule has 28 heavy (non-hydrogen) atoms. The van der Waals surface area contributed by atoms with Crippen LogP contribution in [0.3, 0.4) is 0 Å². The Kier molecular flexibility index (Phi) is 6.43. The van der Waals surface area contributed by atoms with Crippen molar-refractivity contribution < 1.29 is 24.0 Å². The van der Waals surface area contributed by atoms with Gasteiger partial charge in [-0.25, -0.2) is 4.79 Å². The van der Waals surface area contributed by atoms with E-state index in [1.807, 2.05) is 0 Å². The van der Waals surface area contributed by atoms with Gasteiger partial charge in [0, 0.05) is 37.5 Å². The summed E-state index contributed by atoms with van der Waals surface area (Å²) in [5.74, 6) is -1.62. The molecule has 0 radical (unpaired) electrons. The maximum atomic E-state index is 12.3. The van der Waals surface area contributed by atoms with E-state index < -0.39 is 23.4 Å². The number of Topliss-reactive ketones (excluding diaryl/α,β-unsaturated/α-hetero) is 1. The summed E-state index contributed by atoms with van der Waals surface area (Å²) in [6.45, 7) is 0.822. The molecule has 0 saturated heterocycles. The number of ketones is 1. The van der Waals surface area contributed by atoms with Crippen molar-refractivity contribution in [3.05, 3.63) is 63.7 Å². The van der Waals surface area contributed by atoms with E-state index in [-0.39, 0.29) is 17.0 Å². The highest BCUT2D eigenvalue weighted by molar-refractivity contribution is 6.00. The average molecular weight is 385 g/mol. The molecule has 2 aromatic carbocycles. The molecule has 2 rings (SSSR count). The first kappa shape index (κ1) is 20.6. The first-order valence-electron chi connectivity index (χ1n) is 8.22. The molecule has 9 heteroatoms. The predicted octanol–water partition coefficient (Wildman–Crippen LogP) is 2.66. The van der Waals surface area contributed by atoms with Crippen molar-refractivity contribution in [1.29, 1.82) is 0 Å². The Bertz CT molecular complexity index is 939. The maximum absolute atomic E-state index is 12.3. The molecule has 0 aliphatic rings. The Hall–Kier alpha value is -3.75. The second-order valence-corrected chi connectivity index (χ2v) is 6.11. The lowest BCUT2D eigenvalue weighted by molar-refractivity contribution is -0.384. The molecule has 0 spiro atoms. The lowest BCUT2D eigenvalue weighted by Gasteiger charge is -2.16. The van der Waals surface area contributed by atoms with Crippen LogP contribution in [0, 0.1) is 10.1 Å². The lowest BCUT2D eigenvalue weighted by atomic mass is 10.1. The Morgan fingerprint density at radius 3 is 2.46 bits per heavy atom. The van der Waals surface area contributed by atoms with Gasteiger partial charge in [0.15, 0.2) is 12.4 Å². The van der Waals surface area contributed by atoms with Gasteiger partial charge in [-0.05, 0) is 25.1 Å². The SMILES string of the molecule is CC(=O)c1cccc(NC(=O)COC(=O)c2cc([N+](=O)[O-])ccc2N(C)C)c1. The molecule has 0 fully saturated rings. The topological polar surface area (TPSA) is 119 Å². The maximum Gasteiger partial charge on any atom is 0.341 e. The number of ether oxygens (including phenoxy) is 1.